The number of anilines is 1. The molecule has 37 heavy (non-hydrogen) atoms. The fourth-order valence-corrected chi connectivity index (χ4v) is 5.15. The molecule has 6 nitrogen and oxygen atoms in total. The van der Waals surface area contributed by atoms with Gasteiger partial charge in [0.1, 0.15) is 5.54 Å². The first-order valence-corrected chi connectivity index (χ1v) is 11.6. The van der Waals surface area contributed by atoms with Gasteiger partial charge in [0.15, 0.2) is 0 Å². The monoisotopic (exact) mass is 529 g/mol. The predicted octanol–water partition coefficient (Wildman–Crippen LogP) is 4.14. The Hall–Kier alpha value is -3.28. The maximum atomic E-state index is 13.3. The summed E-state index contributed by atoms with van der Waals surface area (Å²) in [7, 11) is 0. The number of alkyl halides is 6. The molecule has 2 saturated heterocycles. The fraction of sp³-hybridized carbons (Fsp3) is 0.440. The van der Waals surface area contributed by atoms with Gasteiger partial charge >= 0.3 is 12.4 Å². The number of piperidine rings is 1. The lowest BCUT2D eigenvalue weighted by Gasteiger charge is -2.44. The van der Waals surface area contributed by atoms with Crippen LogP contribution in [0.15, 0.2) is 36.4 Å². The molecule has 0 aliphatic carbocycles. The van der Waals surface area contributed by atoms with Gasteiger partial charge < -0.3 is 20.2 Å². The molecule has 2 aliphatic rings. The van der Waals surface area contributed by atoms with Gasteiger partial charge in [-0.25, -0.2) is 0 Å². The van der Waals surface area contributed by atoms with Crippen molar-refractivity contribution in [2.45, 2.75) is 44.1 Å². The van der Waals surface area contributed by atoms with Crippen LogP contribution in [0.2, 0.25) is 0 Å². The standard InChI is InChI=1S/C25H25F6N3O3/c1-15-3-2-4-16(5-10-35)20(15)34-14-32-22(37)23(34)6-8-33(9-7-23)21(36)17-11-18(24(26,27)28)13-19(12-17)25(29,30)31/h2-4,11-13,35H,5-10,14H2,1H3,(H,32,37). The van der Waals surface area contributed by atoms with Crippen LogP contribution in [-0.4, -0.2) is 53.7 Å². The Balaban J connectivity index is 1.62. The number of aliphatic hydroxyl groups is 1. The molecule has 0 unspecified atom stereocenters. The maximum absolute atomic E-state index is 13.3. The molecule has 1 spiro atoms. The number of para-hydroxylation sites is 1. The van der Waals surface area contributed by atoms with Crippen molar-refractivity contribution in [3.05, 3.63) is 64.2 Å². The van der Waals surface area contributed by atoms with Crippen LogP contribution in [0.25, 0.3) is 0 Å². The van der Waals surface area contributed by atoms with E-state index >= 15 is 0 Å². The lowest BCUT2D eigenvalue weighted by molar-refractivity contribution is -0.143. The number of carbonyl (C=O) groups excluding carboxylic acids is 2. The minimum Gasteiger partial charge on any atom is -0.396 e. The number of aliphatic hydroxyl groups excluding tert-OH is 1. The minimum atomic E-state index is -5.06. The highest BCUT2D eigenvalue weighted by Gasteiger charge is 2.51. The number of benzene rings is 2. The summed E-state index contributed by atoms with van der Waals surface area (Å²) in [6.07, 6.45) is -9.51. The van der Waals surface area contributed by atoms with Gasteiger partial charge in [0.25, 0.3) is 5.91 Å². The molecule has 0 atom stereocenters. The second-order valence-electron chi connectivity index (χ2n) is 9.27. The summed E-state index contributed by atoms with van der Waals surface area (Å²) in [5.41, 5.74) is -2.38. The van der Waals surface area contributed by atoms with Crippen LogP contribution in [0.3, 0.4) is 0 Å². The molecule has 0 aromatic heterocycles. The zero-order valence-corrected chi connectivity index (χ0v) is 19.8. The highest BCUT2D eigenvalue weighted by Crippen LogP contribution is 2.41. The van der Waals surface area contributed by atoms with E-state index < -0.39 is 40.5 Å². The van der Waals surface area contributed by atoms with Gasteiger partial charge in [-0.05, 0) is 55.5 Å². The molecule has 2 aliphatic heterocycles. The highest BCUT2D eigenvalue weighted by molar-refractivity contribution is 5.97. The van der Waals surface area contributed by atoms with E-state index in [0.717, 1.165) is 16.8 Å². The van der Waals surface area contributed by atoms with Crippen molar-refractivity contribution in [3.8, 4) is 0 Å². The molecular formula is C25H25F6N3O3. The summed E-state index contributed by atoms with van der Waals surface area (Å²) in [4.78, 5) is 29.1. The summed E-state index contributed by atoms with van der Waals surface area (Å²) in [6.45, 7) is 1.89. The van der Waals surface area contributed by atoms with Crippen LogP contribution in [0.1, 0.15) is 45.5 Å². The normalized spacial score (nSPS) is 17.9. The van der Waals surface area contributed by atoms with E-state index in [4.69, 9.17) is 0 Å². The SMILES string of the molecule is Cc1cccc(CCO)c1N1CNC(=O)C12CCN(C(=O)c1cc(C(F)(F)F)cc(C(F)(F)F)c1)CC2. The first-order chi connectivity index (χ1) is 17.3. The first kappa shape index (κ1) is 26.8. The third-order valence-corrected chi connectivity index (χ3v) is 7.02. The van der Waals surface area contributed by atoms with Crippen LogP contribution in [0.4, 0.5) is 32.0 Å². The van der Waals surface area contributed by atoms with Crippen LogP contribution in [0, 0.1) is 6.92 Å². The van der Waals surface area contributed by atoms with Crippen LogP contribution < -0.4 is 10.2 Å². The molecule has 4 rings (SSSR count). The first-order valence-electron chi connectivity index (χ1n) is 11.6. The van der Waals surface area contributed by atoms with Gasteiger partial charge in [-0.2, -0.15) is 26.3 Å². The molecule has 2 amide bonds. The van der Waals surface area contributed by atoms with Crippen molar-refractivity contribution in [1.29, 1.82) is 0 Å². The lowest BCUT2D eigenvalue weighted by Crippen LogP contribution is -2.57. The number of aryl methyl sites for hydroxylation is 1. The average molecular weight is 529 g/mol. The Morgan fingerprint density at radius 3 is 2.16 bits per heavy atom. The van der Waals surface area contributed by atoms with Gasteiger partial charge in [-0.3, -0.25) is 9.59 Å². The zero-order valence-electron chi connectivity index (χ0n) is 19.8. The van der Waals surface area contributed by atoms with Gasteiger partial charge in [-0.1, -0.05) is 18.2 Å². The molecule has 200 valence electrons. The largest absolute Gasteiger partial charge is 0.416 e. The molecule has 2 aromatic rings. The Morgan fingerprint density at radius 1 is 1.03 bits per heavy atom. The quantitative estimate of drug-likeness (QED) is 0.585. The van der Waals surface area contributed by atoms with E-state index in [9.17, 15) is 41.0 Å². The zero-order chi connectivity index (χ0) is 27.2. The molecular weight excluding hydrogens is 504 g/mol. The Kier molecular flexibility index (Phi) is 6.91. The van der Waals surface area contributed by atoms with Crippen LogP contribution >= 0.6 is 0 Å². The average Bonchev–Trinajstić information content (AvgIpc) is 3.13. The third-order valence-electron chi connectivity index (χ3n) is 7.02. The van der Waals surface area contributed by atoms with Gasteiger partial charge in [0.2, 0.25) is 5.91 Å². The summed E-state index contributed by atoms with van der Waals surface area (Å²) in [5, 5.41) is 12.3. The number of likely N-dealkylation sites (tertiary alicyclic amines) is 1. The predicted molar refractivity (Wildman–Crippen MR) is 122 cm³/mol. The number of amides is 2. The van der Waals surface area contributed by atoms with E-state index in [2.05, 4.69) is 5.32 Å². The number of carbonyl (C=O) groups is 2. The molecule has 0 radical (unpaired) electrons. The number of nitrogens with zero attached hydrogens (tertiary/aromatic N) is 2. The van der Waals surface area contributed by atoms with Crippen molar-refractivity contribution >= 4 is 17.5 Å². The molecule has 2 fully saturated rings. The van der Waals surface area contributed by atoms with Crippen molar-refractivity contribution < 1.29 is 41.0 Å². The molecule has 2 heterocycles. The summed E-state index contributed by atoms with van der Waals surface area (Å²) < 4.78 is 79.5. The Bertz CT molecular complexity index is 1170. The van der Waals surface area contributed by atoms with Crippen molar-refractivity contribution in [2.24, 2.45) is 0 Å². The summed E-state index contributed by atoms with van der Waals surface area (Å²) >= 11 is 0. The van der Waals surface area contributed by atoms with Gasteiger partial charge in [-0.15, -0.1) is 0 Å². The number of hydrogen-bond acceptors (Lipinski definition) is 4. The van der Waals surface area contributed by atoms with E-state index in [1.807, 2.05) is 30.0 Å². The summed E-state index contributed by atoms with van der Waals surface area (Å²) in [6, 6.07) is 6.38. The molecule has 2 N–H and O–H groups in total. The molecule has 12 heteroatoms. The van der Waals surface area contributed by atoms with Crippen LogP contribution in [0.5, 0.6) is 0 Å². The van der Waals surface area contributed by atoms with E-state index in [1.165, 1.54) is 4.90 Å². The smallest absolute Gasteiger partial charge is 0.396 e. The van der Waals surface area contributed by atoms with E-state index in [1.54, 1.807) is 0 Å². The topological polar surface area (TPSA) is 72.9 Å². The van der Waals surface area contributed by atoms with Crippen LogP contribution in [-0.2, 0) is 23.6 Å². The number of halogens is 6. The Labute approximate surface area is 208 Å². The number of nitrogens with one attached hydrogen (secondary N) is 1. The lowest BCUT2D eigenvalue weighted by atomic mass is 9.84. The Morgan fingerprint density at radius 2 is 1.62 bits per heavy atom. The second kappa shape index (κ2) is 9.55. The summed E-state index contributed by atoms with van der Waals surface area (Å²) in [5.74, 6) is -1.23. The molecule has 0 bridgehead atoms. The van der Waals surface area contributed by atoms with E-state index in [-0.39, 0.29) is 51.2 Å². The molecule has 0 saturated carbocycles. The fourth-order valence-electron chi connectivity index (χ4n) is 5.15. The van der Waals surface area contributed by atoms with Crippen molar-refractivity contribution in [1.82, 2.24) is 10.2 Å². The molecule has 2 aromatic carbocycles. The highest BCUT2D eigenvalue weighted by atomic mass is 19.4. The van der Waals surface area contributed by atoms with E-state index in [0.29, 0.717) is 18.6 Å². The maximum Gasteiger partial charge on any atom is 0.416 e. The third kappa shape index (κ3) is 4.98. The second-order valence-corrected chi connectivity index (χ2v) is 9.27. The minimum absolute atomic E-state index is 0.0190. The number of hydrogen-bond donors (Lipinski definition) is 2. The number of rotatable bonds is 4. The van der Waals surface area contributed by atoms with Crippen molar-refractivity contribution in [3.63, 3.8) is 0 Å². The van der Waals surface area contributed by atoms with Crippen molar-refractivity contribution in [2.75, 3.05) is 31.3 Å². The van der Waals surface area contributed by atoms with Gasteiger partial charge in [0.05, 0.1) is 17.8 Å². The van der Waals surface area contributed by atoms with Gasteiger partial charge in [0, 0.05) is 30.9 Å².